The van der Waals surface area contributed by atoms with Crippen LogP contribution in [0.1, 0.15) is 61.2 Å². The van der Waals surface area contributed by atoms with Crippen molar-refractivity contribution < 1.29 is 19.4 Å². The fourth-order valence-electron chi connectivity index (χ4n) is 5.01. The standard InChI is InChI=1S/C30H38N4O4/c1-6-7-8-18-38-23-14-9-13-22(19-23)26-24(28(36)30(37)34(26)17-11-15-32(4)5)27(35)25-21(3)33-16-10-12-20(2)29(33)31-25/h9-10,12-14,16,19,26,35H,6-8,11,15,17-18H2,1-5H3. The van der Waals surface area contributed by atoms with Gasteiger partial charge in [-0.3, -0.25) is 9.59 Å². The Bertz CT molecular complexity index is 1360. The van der Waals surface area contributed by atoms with Gasteiger partial charge in [0.15, 0.2) is 5.76 Å². The van der Waals surface area contributed by atoms with Crippen LogP contribution in [0.15, 0.2) is 48.2 Å². The number of Topliss-reactive ketones (excluding diaryl/α,β-unsaturated/α-hetero) is 1. The molecule has 0 saturated carbocycles. The Morgan fingerprint density at radius 2 is 1.89 bits per heavy atom. The third kappa shape index (κ3) is 5.45. The Kier molecular flexibility index (Phi) is 8.52. The number of imidazole rings is 1. The van der Waals surface area contributed by atoms with Gasteiger partial charge in [-0.2, -0.15) is 0 Å². The van der Waals surface area contributed by atoms with Gasteiger partial charge >= 0.3 is 0 Å². The maximum absolute atomic E-state index is 13.4. The molecule has 1 aromatic carbocycles. The third-order valence-corrected chi connectivity index (χ3v) is 7.04. The number of aliphatic hydroxyl groups is 1. The Labute approximate surface area is 224 Å². The summed E-state index contributed by atoms with van der Waals surface area (Å²) >= 11 is 0. The van der Waals surface area contributed by atoms with E-state index in [1.165, 1.54) is 0 Å². The summed E-state index contributed by atoms with van der Waals surface area (Å²) in [5.41, 5.74) is 3.44. The van der Waals surface area contributed by atoms with Crippen LogP contribution in [-0.2, 0) is 9.59 Å². The zero-order valence-corrected chi connectivity index (χ0v) is 23.0. The van der Waals surface area contributed by atoms with Crippen LogP contribution in [0, 0.1) is 13.8 Å². The largest absolute Gasteiger partial charge is 0.505 e. The highest BCUT2D eigenvalue weighted by Crippen LogP contribution is 2.40. The van der Waals surface area contributed by atoms with Gasteiger partial charge in [0, 0.05) is 12.7 Å². The minimum absolute atomic E-state index is 0.0622. The van der Waals surface area contributed by atoms with Crippen molar-refractivity contribution in [1.82, 2.24) is 19.2 Å². The van der Waals surface area contributed by atoms with Crippen LogP contribution in [0.2, 0.25) is 0 Å². The summed E-state index contributed by atoms with van der Waals surface area (Å²) in [6.45, 7) is 7.69. The van der Waals surface area contributed by atoms with Gasteiger partial charge in [0.2, 0.25) is 0 Å². The molecule has 1 aliphatic rings. The monoisotopic (exact) mass is 518 g/mol. The summed E-state index contributed by atoms with van der Waals surface area (Å²) in [7, 11) is 3.94. The third-order valence-electron chi connectivity index (χ3n) is 7.04. The number of unbranched alkanes of at least 4 members (excludes halogenated alkanes) is 2. The number of fused-ring (bicyclic) bond motifs is 1. The van der Waals surface area contributed by atoms with E-state index in [2.05, 4.69) is 11.9 Å². The van der Waals surface area contributed by atoms with Gasteiger partial charge in [-0.1, -0.05) is 38.0 Å². The van der Waals surface area contributed by atoms with Gasteiger partial charge < -0.3 is 24.0 Å². The second-order valence-electron chi connectivity index (χ2n) is 10.2. The molecule has 4 rings (SSSR count). The molecule has 8 heteroatoms. The minimum Gasteiger partial charge on any atom is -0.505 e. The molecular weight excluding hydrogens is 480 g/mol. The number of ketones is 1. The normalized spacial score (nSPS) is 17.2. The summed E-state index contributed by atoms with van der Waals surface area (Å²) in [5.74, 6) is -0.877. The first-order valence-electron chi connectivity index (χ1n) is 13.3. The van der Waals surface area contributed by atoms with Crippen molar-refractivity contribution in [3.8, 4) is 5.75 Å². The van der Waals surface area contributed by atoms with E-state index in [0.29, 0.717) is 42.4 Å². The molecular formula is C30H38N4O4. The molecule has 1 fully saturated rings. The number of likely N-dealkylation sites (tertiary alicyclic amines) is 1. The van der Waals surface area contributed by atoms with E-state index in [1.807, 2.05) is 79.8 Å². The Balaban J connectivity index is 1.80. The van der Waals surface area contributed by atoms with Crippen molar-refractivity contribution in [3.05, 3.63) is 70.7 Å². The molecule has 1 amide bonds. The fourth-order valence-corrected chi connectivity index (χ4v) is 5.01. The Morgan fingerprint density at radius 1 is 1.11 bits per heavy atom. The van der Waals surface area contributed by atoms with Crippen LogP contribution in [0.25, 0.3) is 11.4 Å². The van der Waals surface area contributed by atoms with Crippen molar-refractivity contribution in [2.24, 2.45) is 0 Å². The number of carbonyl (C=O) groups excluding carboxylic acids is 2. The lowest BCUT2D eigenvalue weighted by Crippen LogP contribution is -2.32. The molecule has 1 unspecified atom stereocenters. The number of carbonyl (C=O) groups is 2. The molecule has 1 atom stereocenters. The van der Waals surface area contributed by atoms with Crippen molar-refractivity contribution in [3.63, 3.8) is 0 Å². The summed E-state index contributed by atoms with van der Waals surface area (Å²) in [4.78, 5) is 35.0. The molecule has 202 valence electrons. The highest BCUT2D eigenvalue weighted by molar-refractivity contribution is 6.46. The molecule has 3 heterocycles. The SMILES string of the molecule is CCCCCOc1cccc(C2C(=C(O)c3nc4c(C)cccn4c3C)C(=O)C(=O)N2CCCN(C)C)c1. The van der Waals surface area contributed by atoms with Gasteiger partial charge in [-0.15, -0.1) is 0 Å². The molecule has 1 N–H and O–H groups in total. The number of nitrogens with zero attached hydrogens (tertiary/aromatic N) is 4. The van der Waals surface area contributed by atoms with Crippen molar-refractivity contribution >= 4 is 23.1 Å². The number of aryl methyl sites for hydroxylation is 2. The zero-order chi connectivity index (χ0) is 27.4. The number of pyridine rings is 1. The summed E-state index contributed by atoms with van der Waals surface area (Å²) in [6, 6.07) is 10.6. The fraction of sp³-hybridized carbons (Fsp3) is 0.433. The molecule has 0 bridgehead atoms. The highest BCUT2D eigenvalue weighted by Gasteiger charge is 2.46. The van der Waals surface area contributed by atoms with Crippen molar-refractivity contribution in [2.45, 2.75) is 52.5 Å². The van der Waals surface area contributed by atoms with Crippen LogP contribution in [0.4, 0.5) is 0 Å². The van der Waals surface area contributed by atoms with Crippen LogP contribution < -0.4 is 4.74 Å². The van der Waals surface area contributed by atoms with Crippen molar-refractivity contribution in [2.75, 3.05) is 33.8 Å². The lowest BCUT2D eigenvalue weighted by Gasteiger charge is -2.26. The first kappa shape index (κ1) is 27.4. The Hall–Kier alpha value is -3.65. The van der Waals surface area contributed by atoms with Crippen LogP contribution in [-0.4, -0.2) is 69.8 Å². The van der Waals surface area contributed by atoms with Crippen LogP contribution in [0.3, 0.4) is 0 Å². The van der Waals surface area contributed by atoms with E-state index in [1.54, 1.807) is 4.90 Å². The predicted molar refractivity (Wildman–Crippen MR) is 148 cm³/mol. The summed E-state index contributed by atoms with van der Waals surface area (Å²) in [5, 5.41) is 11.6. The topological polar surface area (TPSA) is 87.4 Å². The van der Waals surface area contributed by atoms with Gasteiger partial charge in [0.05, 0.1) is 23.9 Å². The number of hydrogen-bond acceptors (Lipinski definition) is 6. The minimum atomic E-state index is -0.735. The summed E-state index contributed by atoms with van der Waals surface area (Å²) in [6.07, 6.45) is 5.71. The molecule has 1 saturated heterocycles. The van der Waals surface area contributed by atoms with E-state index in [-0.39, 0.29) is 11.3 Å². The van der Waals surface area contributed by atoms with Gasteiger partial charge in [-0.05, 0) is 76.7 Å². The number of amides is 1. The number of rotatable bonds is 11. The maximum Gasteiger partial charge on any atom is 0.295 e. The molecule has 1 aliphatic heterocycles. The number of ether oxygens (including phenoxy) is 1. The van der Waals surface area contributed by atoms with Gasteiger partial charge in [0.25, 0.3) is 11.7 Å². The molecule has 0 radical (unpaired) electrons. The number of benzene rings is 1. The van der Waals surface area contributed by atoms with E-state index < -0.39 is 17.7 Å². The lowest BCUT2D eigenvalue weighted by atomic mass is 9.96. The summed E-state index contributed by atoms with van der Waals surface area (Å²) < 4.78 is 7.86. The quantitative estimate of drug-likeness (QED) is 0.168. The Morgan fingerprint density at radius 3 is 2.61 bits per heavy atom. The smallest absolute Gasteiger partial charge is 0.295 e. The lowest BCUT2D eigenvalue weighted by molar-refractivity contribution is -0.139. The highest BCUT2D eigenvalue weighted by atomic mass is 16.5. The number of aromatic nitrogens is 2. The molecule has 2 aromatic heterocycles. The first-order chi connectivity index (χ1) is 18.2. The first-order valence-corrected chi connectivity index (χ1v) is 13.3. The van der Waals surface area contributed by atoms with E-state index in [9.17, 15) is 14.7 Å². The van der Waals surface area contributed by atoms with Crippen molar-refractivity contribution in [1.29, 1.82) is 0 Å². The molecule has 8 nitrogen and oxygen atoms in total. The van der Waals surface area contributed by atoms with E-state index >= 15 is 0 Å². The zero-order valence-electron chi connectivity index (χ0n) is 23.0. The number of aliphatic hydroxyl groups excluding tert-OH is 1. The molecule has 0 spiro atoms. The average molecular weight is 519 g/mol. The van der Waals surface area contributed by atoms with E-state index in [4.69, 9.17) is 4.74 Å². The number of hydrogen-bond donors (Lipinski definition) is 1. The van der Waals surface area contributed by atoms with Gasteiger partial charge in [-0.25, -0.2) is 4.98 Å². The predicted octanol–water partition coefficient (Wildman–Crippen LogP) is 4.89. The van der Waals surface area contributed by atoms with Crippen LogP contribution in [0.5, 0.6) is 5.75 Å². The average Bonchev–Trinajstić information content (AvgIpc) is 3.36. The molecule has 3 aromatic rings. The van der Waals surface area contributed by atoms with E-state index in [0.717, 1.165) is 36.9 Å². The second kappa shape index (κ2) is 11.8. The second-order valence-corrected chi connectivity index (χ2v) is 10.2. The van der Waals surface area contributed by atoms with Gasteiger partial charge in [0.1, 0.15) is 17.1 Å². The molecule has 0 aliphatic carbocycles. The van der Waals surface area contributed by atoms with Crippen LogP contribution >= 0.6 is 0 Å². The maximum atomic E-state index is 13.4. The molecule has 38 heavy (non-hydrogen) atoms.